The van der Waals surface area contributed by atoms with Gasteiger partial charge >= 0.3 is 0 Å². The van der Waals surface area contributed by atoms with Crippen LogP contribution in [0.4, 0.5) is 0 Å². The van der Waals surface area contributed by atoms with E-state index in [2.05, 4.69) is 10.3 Å². The first kappa shape index (κ1) is 13.0. The highest BCUT2D eigenvalue weighted by atomic mass is 16.3. The Balaban J connectivity index is 2.14. The Morgan fingerprint density at radius 1 is 1.61 bits per heavy atom. The SMILES string of the molecule is CC1CCNC(CO)C(=O)N1Cc1cccnc1. The lowest BCUT2D eigenvalue weighted by molar-refractivity contribution is -0.136. The molecule has 1 fully saturated rings. The number of nitrogens with zero attached hydrogens (tertiary/aromatic N) is 2. The van der Waals surface area contributed by atoms with Gasteiger partial charge in [-0.05, 0) is 31.5 Å². The Labute approximate surface area is 107 Å². The molecule has 1 saturated heterocycles. The van der Waals surface area contributed by atoms with Crippen molar-refractivity contribution in [2.75, 3.05) is 13.2 Å². The van der Waals surface area contributed by atoms with Crippen molar-refractivity contribution in [2.24, 2.45) is 0 Å². The zero-order valence-electron chi connectivity index (χ0n) is 10.5. The summed E-state index contributed by atoms with van der Waals surface area (Å²) in [5.74, 6) is -0.0358. The summed E-state index contributed by atoms with van der Waals surface area (Å²) in [7, 11) is 0. The molecule has 98 valence electrons. The van der Waals surface area contributed by atoms with E-state index >= 15 is 0 Å². The van der Waals surface area contributed by atoms with Crippen LogP contribution in [0.25, 0.3) is 0 Å². The highest BCUT2D eigenvalue weighted by molar-refractivity contribution is 5.82. The number of carbonyl (C=O) groups is 1. The number of aliphatic hydroxyl groups excluding tert-OH is 1. The standard InChI is InChI=1S/C13H19N3O2/c1-10-4-6-15-12(9-17)13(18)16(10)8-11-3-2-5-14-7-11/h2-3,5,7,10,12,15,17H,4,6,8-9H2,1H3. The zero-order chi connectivity index (χ0) is 13.0. The molecule has 0 aliphatic carbocycles. The van der Waals surface area contributed by atoms with Crippen molar-refractivity contribution in [3.63, 3.8) is 0 Å². The highest BCUT2D eigenvalue weighted by Gasteiger charge is 2.29. The van der Waals surface area contributed by atoms with Crippen LogP contribution in [0.5, 0.6) is 0 Å². The quantitative estimate of drug-likeness (QED) is 0.800. The van der Waals surface area contributed by atoms with Gasteiger partial charge in [0.05, 0.1) is 6.61 Å². The molecule has 0 radical (unpaired) electrons. The van der Waals surface area contributed by atoms with Gasteiger partial charge in [-0.2, -0.15) is 0 Å². The first-order valence-electron chi connectivity index (χ1n) is 6.26. The van der Waals surface area contributed by atoms with Gasteiger partial charge < -0.3 is 15.3 Å². The van der Waals surface area contributed by atoms with E-state index in [-0.39, 0.29) is 18.6 Å². The smallest absolute Gasteiger partial charge is 0.242 e. The van der Waals surface area contributed by atoms with Gasteiger partial charge in [0.15, 0.2) is 0 Å². The summed E-state index contributed by atoms with van der Waals surface area (Å²) in [5.41, 5.74) is 1.01. The van der Waals surface area contributed by atoms with Crippen LogP contribution in [0.15, 0.2) is 24.5 Å². The number of rotatable bonds is 3. The monoisotopic (exact) mass is 249 g/mol. The molecule has 1 aromatic rings. The molecule has 2 N–H and O–H groups in total. The molecular formula is C13H19N3O2. The van der Waals surface area contributed by atoms with E-state index < -0.39 is 6.04 Å². The van der Waals surface area contributed by atoms with Crippen molar-refractivity contribution < 1.29 is 9.90 Å². The van der Waals surface area contributed by atoms with Gasteiger partial charge in [-0.3, -0.25) is 9.78 Å². The molecule has 2 rings (SSSR count). The Morgan fingerprint density at radius 2 is 2.44 bits per heavy atom. The first-order valence-corrected chi connectivity index (χ1v) is 6.26. The van der Waals surface area contributed by atoms with Crippen LogP contribution in [-0.2, 0) is 11.3 Å². The summed E-state index contributed by atoms with van der Waals surface area (Å²) in [6.45, 7) is 3.18. The molecule has 0 saturated carbocycles. The van der Waals surface area contributed by atoms with E-state index in [4.69, 9.17) is 0 Å². The van der Waals surface area contributed by atoms with Crippen molar-refractivity contribution in [1.82, 2.24) is 15.2 Å². The van der Waals surface area contributed by atoms with E-state index in [1.807, 2.05) is 24.0 Å². The third kappa shape index (κ3) is 2.86. The molecule has 0 aromatic carbocycles. The summed E-state index contributed by atoms with van der Waals surface area (Å²) in [5, 5.41) is 12.3. The molecule has 5 heteroatoms. The third-order valence-electron chi connectivity index (χ3n) is 3.32. The lowest BCUT2D eigenvalue weighted by atomic mass is 10.1. The average molecular weight is 249 g/mol. The Kier molecular flexibility index (Phi) is 4.28. The van der Waals surface area contributed by atoms with Crippen molar-refractivity contribution in [3.8, 4) is 0 Å². The van der Waals surface area contributed by atoms with Gasteiger partial charge in [0.2, 0.25) is 5.91 Å². The van der Waals surface area contributed by atoms with E-state index in [9.17, 15) is 9.90 Å². The number of hydrogen-bond donors (Lipinski definition) is 2. The molecule has 0 spiro atoms. The summed E-state index contributed by atoms with van der Waals surface area (Å²) >= 11 is 0. The van der Waals surface area contributed by atoms with Gasteiger partial charge in [-0.25, -0.2) is 0 Å². The molecule has 5 nitrogen and oxygen atoms in total. The number of aliphatic hydroxyl groups is 1. The molecular weight excluding hydrogens is 230 g/mol. The fourth-order valence-corrected chi connectivity index (χ4v) is 2.19. The topological polar surface area (TPSA) is 65.5 Å². The van der Waals surface area contributed by atoms with Crippen LogP contribution in [0, 0.1) is 0 Å². The van der Waals surface area contributed by atoms with Crippen LogP contribution in [0.2, 0.25) is 0 Å². The number of amides is 1. The van der Waals surface area contributed by atoms with E-state index in [1.165, 1.54) is 0 Å². The highest BCUT2D eigenvalue weighted by Crippen LogP contribution is 2.14. The molecule has 1 aliphatic heterocycles. The minimum absolute atomic E-state index is 0.0358. The summed E-state index contributed by atoms with van der Waals surface area (Å²) in [4.78, 5) is 18.2. The number of aromatic nitrogens is 1. The van der Waals surface area contributed by atoms with Gasteiger partial charge in [-0.1, -0.05) is 6.07 Å². The number of nitrogens with one attached hydrogen (secondary N) is 1. The molecule has 2 unspecified atom stereocenters. The summed E-state index contributed by atoms with van der Waals surface area (Å²) < 4.78 is 0. The van der Waals surface area contributed by atoms with Gasteiger partial charge in [0.25, 0.3) is 0 Å². The molecule has 2 atom stereocenters. The predicted octanol–water partition coefficient (Wildman–Crippen LogP) is 0.153. The Hall–Kier alpha value is -1.46. The maximum Gasteiger partial charge on any atom is 0.242 e. The Morgan fingerprint density at radius 3 is 3.11 bits per heavy atom. The van der Waals surface area contributed by atoms with E-state index in [0.29, 0.717) is 6.54 Å². The van der Waals surface area contributed by atoms with Crippen LogP contribution < -0.4 is 5.32 Å². The van der Waals surface area contributed by atoms with Gasteiger partial charge in [0.1, 0.15) is 6.04 Å². The lowest BCUT2D eigenvalue weighted by Gasteiger charge is -2.28. The second-order valence-corrected chi connectivity index (χ2v) is 4.65. The fraction of sp³-hybridized carbons (Fsp3) is 0.538. The largest absolute Gasteiger partial charge is 0.394 e. The molecule has 2 heterocycles. The summed E-state index contributed by atoms with van der Waals surface area (Å²) in [6.07, 6.45) is 4.38. The van der Waals surface area contributed by atoms with E-state index in [1.54, 1.807) is 12.4 Å². The fourth-order valence-electron chi connectivity index (χ4n) is 2.19. The van der Waals surface area contributed by atoms with Gasteiger partial charge in [0, 0.05) is 25.0 Å². The second-order valence-electron chi connectivity index (χ2n) is 4.65. The van der Waals surface area contributed by atoms with Crippen molar-refractivity contribution in [2.45, 2.75) is 32.0 Å². The zero-order valence-corrected chi connectivity index (χ0v) is 10.5. The third-order valence-corrected chi connectivity index (χ3v) is 3.32. The predicted molar refractivity (Wildman–Crippen MR) is 67.7 cm³/mol. The Bertz CT molecular complexity index is 396. The number of carbonyl (C=O) groups excluding carboxylic acids is 1. The molecule has 1 aromatic heterocycles. The minimum atomic E-state index is -0.480. The second kappa shape index (κ2) is 5.93. The molecule has 18 heavy (non-hydrogen) atoms. The number of pyridine rings is 1. The van der Waals surface area contributed by atoms with Crippen molar-refractivity contribution in [3.05, 3.63) is 30.1 Å². The normalized spacial score (nSPS) is 25.0. The lowest BCUT2D eigenvalue weighted by Crippen LogP contribution is -2.47. The maximum absolute atomic E-state index is 12.3. The molecule has 0 bridgehead atoms. The van der Waals surface area contributed by atoms with Crippen molar-refractivity contribution in [1.29, 1.82) is 0 Å². The molecule has 1 amide bonds. The van der Waals surface area contributed by atoms with E-state index in [0.717, 1.165) is 18.5 Å². The minimum Gasteiger partial charge on any atom is -0.394 e. The van der Waals surface area contributed by atoms with Crippen LogP contribution >= 0.6 is 0 Å². The van der Waals surface area contributed by atoms with Crippen LogP contribution in [0.1, 0.15) is 18.9 Å². The summed E-state index contributed by atoms with van der Waals surface area (Å²) in [6, 6.07) is 3.51. The maximum atomic E-state index is 12.3. The first-order chi connectivity index (χ1) is 8.72. The van der Waals surface area contributed by atoms with Crippen LogP contribution in [-0.4, -0.2) is 46.1 Å². The van der Waals surface area contributed by atoms with Crippen molar-refractivity contribution >= 4 is 5.91 Å². The van der Waals surface area contributed by atoms with Crippen LogP contribution in [0.3, 0.4) is 0 Å². The number of hydrogen-bond acceptors (Lipinski definition) is 4. The average Bonchev–Trinajstić information content (AvgIpc) is 2.53. The molecule has 1 aliphatic rings. The van der Waals surface area contributed by atoms with Gasteiger partial charge in [-0.15, -0.1) is 0 Å².